The maximum atomic E-state index is 11.6. The molecule has 0 saturated carbocycles. The molecule has 106 valence electrons. The lowest BCUT2D eigenvalue weighted by molar-refractivity contribution is -0.121. The van der Waals surface area contributed by atoms with Crippen LogP contribution in [0, 0.1) is 0 Å². The minimum Gasteiger partial charge on any atom is -0.373 e. The molecule has 1 atom stereocenters. The Bertz CT molecular complexity index is 367. The summed E-state index contributed by atoms with van der Waals surface area (Å²) in [5, 5.41) is 2.91. The molecule has 0 aromatic heterocycles. The third kappa shape index (κ3) is 6.25. The summed E-state index contributed by atoms with van der Waals surface area (Å²) < 4.78 is 0. The van der Waals surface area contributed by atoms with Crippen molar-refractivity contribution in [3.8, 4) is 0 Å². The van der Waals surface area contributed by atoms with Gasteiger partial charge in [-0.05, 0) is 18.6 Å². The van der Waals surface area contributed by atoms with Gasteiger partial charge in [0.2, 0.25) is 5.91 Å². The minimum absolute atomic E-state index is 0.0168. The van der Waals surface area contributed by atoms with E-state index in [4.69, 9.17) is 5.73 Å². The molecule has 1 amide bonds. The zero-order valence-corrected chi connectivity index (χ0v) is 11.9. The summed E-state index contributed by atoms with van der Waals surface area (Å²) in [6.45, 7) is 3.51. The fourth-order valence-corrected chi connectivity index (χ4v) is 1.96. The molecule has 1 aromatic rings. The fourth-order valence-electron chi connectivity index (χ4n) is 1.96. The third-order valence-corrected chi connectivity index (χ3v) is 3.07. The highest BCUT2D eigenvalue weighted by molar-refractivity contribution is 5.76. The van der Waals surface area contributed by atoms with E-state index in [0.29, 0.717) is 13.0 Å². The van der Waals surface area contributed by atoms with Crippen LogP contribution in [0.1, 0.15) is 26.2 Å². The molecule has 0 spiro atoms. The van der Waals surface area contributed by atoms with E-state index in [2.05, 4.69) is 29.3 Å². The number of hydrogen-bond donors (Lipinski definition) is 2. The number of rotatable bonds is 8. The lowest BCUT2D eigenvalue weighted by Gasteiger charge is -2.19. The van der Waals surface area contributed by atoms with Crippen molar-refractivity contribution in [3.63, 3.8) is 0 Å². The molecule has 0 aliphatic heterocycles. The molecule has 19 heavy (non-hydrogen) atoms. The minimum atomic E-state index is -0.0168. The molecule has 3 N–H and O–H groups in total. The maximum Gasteiger partial charge on any atom is 0.221 e. The van der Waals surface area contributed by atoms with Crippen LogP contribution in [0.25, 0.3) is 0 Å². The number of anilines is 1. The number of carbonyl (C=O) groups excluding carboxylic acids is 1. The largest absolute Gasteiger partial charge is 0.373 e. The summed E-state index contributed by atoms with van der Waals surface area (Å²) in [5.74, 6) is 0.0439. The topological polar surface area (TPSA) is 58.4 Å². The molecule has 1 aromatic carbocycles. The monoisotopic (exact) mass is 263 g/mol. The number of carbonyl (C=O) groups is 1. The smallest absolute Gasteiger partial charge is 0.221 e. The van der Waals surface area contributed by atoms with Gasteiger partial charge in [0.25, 0.3) is 0 Å². The van der Waals surface area contributed by atoms with Crippen LogP contribution in [0.4, 0.5) is 5.69 Å². The molecule has 0 bridgehead atoms. The Balaban J connectivity index is 2.21. The third-order valence-electron chi connectivity index (χ3n) is 3.07. The van der Waals surface area contributed by atoms with Crippen LogP contribution < -0.4 is 16.0 Å². The zero-order chi connectivity index (χ0) is 14.1. The van der Waals surface area contributed by atoms with Crippen LogP contribution in [-0.2, 0) is 4.79 Å². The quantitative estimate of drug-likeness (QED) is 0.751. The van der Waals surface area contributed by atoms with Crippen molar-refractivity contribution >= 4 is 11.6 Å². The molecule has 4 nitrogen and oxygen atoms in total. The van der Waals surface area contributed by atoms with Crippen LogP contribution in [-0.4, -0.2) is 32.1 Å². The normalized spacial score (nSPS) is 11.9. The van der Waals surface area contributed by atoms with E-state index in [9.17, 15) is 4.79 Å². The van der Waals surface area contributed by atoms with Gasteiger partial charge in [-0.2, -0.15) is 0 Å². The predicted octanol–water partition coefficient (Wildman–Crippen LogP) is 1.76. The van der Waals surface area contributed by atoms with Crippen LogP contribution in [0.5, 0.6) is 0 Å². The van der Waals surface area contributed by atoms with Crippen molar-refractivity contribution in [1.82, 2.24) is 5.32 Å². The fraction of sp³-hybridized carbons (Fsp3) is 0.533. The van der Waals surface area contributed by atoms with Gasteiger partial charge in [-0.1, -0.05) is 31.5 Å². The maximum absolute atomic E-state index is 11.6. The van der Waals surface area contributed by atoms with Gasteiger partial charge in [0, 0.05) is 38.3 Å². The van der Waals surface area contributed by atoms with E-state index >= 15 is 0 Å². The molecule has 0 aliphatic carbocycles. The highest BCUT2D eigenvalue weighted by Gasteiger charge is 2.08. The van der Waals surface area contributed by atoms with Gasteiger partial charge in [-0.25, -0.2) is 0 Å². The molecule has 1 unspecified atom stereocenters. The number of nitrogens with zero attached hydrogens (tertiary/aromatic N) is 1. The van der Waals surface area contributed by atoms with Gasteiger partial charge in [0.1, 0.15) is 0 Å². The average Bonchev–Trinajstić information content (AvgIpc) is 2.39. The van der Waals surface area contributed by atoms with Crippen LogP contribution in [0.3, 0.4) is 0 Å². The Morgan fingerprint density at radius 1 is 1.37 bits per heavy atom. The molecule has 0 aliphatic rings. The van der Waals surface area contributed by atoms with Gasteiger partial charge in [0.05, 0.1) is 0 Å². The second kappa shape index (κ2) is 8.53. The first kappa shape index (κ1) is 15.5. The van der Waals surface area contributed by atoms with E-state index in [1.807, 2.05) is 25.2 Å². The Labute approximate surface area is 116 Å². The molecule has 0 heterocycles. The van der Waals surface area contributed by atoms with Gasteiger partial charge >= 0.3 is 0 Å². The highest BCUT2D eigenvalue weighted by Crippen LogP contribution is 2.09. The standard InChI is InChI=1S/C15H25N3O/c1-3-7-13(16)12-15(19)17-10-11-18(2)14-8-5-4-6-9-14/h4-6,8-9,13H,3,7,10-12,16H2,1-2H3,(H,17,19). The molecular weight excluding hydrogens is 238 g/mol. The number of hydrogen-bond acceptors (Lipinski definition) is 3. The number of benzene rings is 1. The number of para-hydroxylation sites is 1. The van der Waals surface area contributed by atoms with E-state index in [-0.39, 0.29) is 11.9 Å². The molecular formula is C15H25N3O. The van der Waals surface area contributed by atoms with Crippen LogP contribution in [0.2, 0.25) is 0 Å². The van der Waals surface area contributed by atoms with Gasteiger partial charge in [0.15, 0.2) is 0 Å². The van der Waals surface area contributed by atoms with Gasteiger partial charge in [-0.3, -0.25) is 4.79 Å². The zero-order valence-electron chi connectivity index (χ0n) is 11.9. The van der Waals surface area contributed by atoms with Gasteiger partial charge < -0.3 is 16.0 Å². The SMILES string of the molecule is CCCC(N)CC(=O)NCCN(C)c1ccccc1. The van der Waals surface area contributed by atoms with Crippen molar-refractivity contribution in [2.45, 2.75) is 32.2 Å². The van der Waals surface area contributed by atoms with Crippen molar-refractivity contribution < 1.29 is 4.79 Å². The van der Waals surface area contributed by atoms with Crippen molar-refractivity contribution in [2.24, 2.45) is 5.73 Å². The number of nitrogens with two attached hydrogens (primary N) is 1. The Morgan fingerprint density at radius 3 is 2.68 bits per heavy atom. The molecule has 1 rings (SSSR count). The average molecular weight is 263 g/mol. The number of likely N-dealkylation sites (N-methyl/N-ethyl adjacent to an activating group) is 1. The lowest BCUT2D eigenvalue weighted by Crippen LogP contribution is -2.36. The van der Waals surface area contributed by atoms with Crippen molar-refractivity contribution in [2.75, 3.05) is 25.0 Å². The summed E-state index contributed by atoms with van der Waals surface area (Å²) in [4.78, 5) is 13.8. The first-order valence-corrected chi connectivity index (χ1v) is 6.92. The number of amides is 1. The van der Waals surface area contributed by atoms with E-state index in [1.165, 1.54) is 0 Å². The van der Waals surface area contributed by atoms with Crippen LogP contribution in [0.15, 0.2) is 30.3 Å². The summed E-state index contributed by atoms with van der Waals surface area (Å²) in [6, 6.07) is 10.1. The van der Waals surface area contributed by atoms with Crippen molar-refractivity contribution in [3.05, 3.63) is 30.3 Å². The van der Waals surface area contributed by atoms with Crippen molar-refractivity contribution in [1.29, 1.82) is 0 Å². The van der Waals surface area contributed by atoms with E-state index in [1.54, 1.807) is 0 Å². The van der Waals surface area contributed by atoms with Crippen LogP contribution >= 0.6 is 0 Å². The summed E-state index contributed by atoms with van der Waals surface area (Å²) in [5.41, 5.74) is 6.99. The summed E-state index contributed by atoms with van der Waals surface area (Å²) in [6.07, 6.45) is 2.34. The lowest BCUT2D eigenvalue weighted by atomic mass is 10.1. The first-order valence-electron chi connectivity index (χ1n) is 6.92. The second-order valence-corrected chi connectivity index (χ2v) is 4.86. The Hall–Kier alpha value is -1.55. The molecule has 0 saturated heterocycles. The summed E-state index contributed by atoms with van der Waals surface area (Å²) >= 11 is 0. The summed E-state index contributed by atoms with van der Waals surface area (Å²) in [7, 11) is 2.02. The molecule has 4 heteroatoms. The Kier molecular flexibility index (Phi) is 6.97. The first-order chi connectivity index (χ1) is 9.13. The predicted molar refractivity (Wildman–Crippen MR) is 80.2 cm³/mol. The molecule has 0 radical (unpaired) electrons. The van der Waals surface area contributed by atoms with Gasteiger partial charge in [-0.15, -0.1) is 0 Å². The Morgan fingerprint density at radius 2 is 2.05 bits per heavy atom. The molecule has 0 fully saturated rings. The van der Waals surface area contributed by atoms with E-state index < -0.39 is 0 Å². The second-order valence-electron chi connectivity index (χ2n) is 4.86. The number of nitrogens with one attached hydrogen (secondary N) is 1. The van der Waals surface area contributed by atoms with E-state index in [0.717, 1.165) is 25.1 Å². The highest BCUT2D eigenvalue weighted by atomic mass is 16.1.